The summed E-state index contributed by atoms with van der Waals surface area (Å²) in [7, 11) is 3.36. The van der Waals surface area contributed by atoms with Crippen LogP contribution in [0.1, 0.15) is 18.9 Å². The summed E-state index contributed by atoms with van der Waals surface area (Å²) < 4.78 is 36.1. The van der Waals surface area contributed by atoms with Gasteiger partial charge in [0.25, 0.3) is 0 Å². The molecule has 0 amide bonds. The van der Waals surface area contributed by atoms with Gasteiger partial charge in [0.15, 0.2) is 5.82 Å². The Labute approximate surface area is 198 Å². The van der Waals surface area contributed by atoms with Crippen molar-refractivity contribution >= 4 is 43.1 Å². The van der Waals surface area contributed by atoms with E-state index in [9.17, 15) is 9.65 Å². The molecule has 2 unspecified atom stereocenters. The maximum Gasteiger partial charge on any atom is 0.318 e. The number of methoxy groups -OCH3 is 1. The number of halogens is 2. The van der Waals surface area contributed by atoms with Crippen LogP contribution in [-0.4, -0.2) is 42.8 Å². The van der Waals surface area contributed by atoms with E-state index in [-0.39, 0.29) is 44.4 Å². The molecule has 34 heavy (non-hydrogen) atoms. The molecular formula is C24H22F2N6OS. The largest absolute Gasteiger partial charge is 0.467 e. The topological polar surface area (TPSA) is 100 Å². The van der Waals surface area contributed by atoms with Crippen molar-refractivity contribution in [3.8, 4) is 23.2 Å². The summed E-state index contributed by atoms with van der Waals surface area (Å²) in [5, 5.41) is 14.1. The molecule has 1 aliphatic heterocycles. The summed E-state index contributed by atoms with van der Waals surface area (Å²) in [5.74, 6) is -0.549. The van der Waals surface area contributed by atoms with Gasteiger partial charge in [-0.2, -0.15) is 15.2 Å². The van der Waals surface area contributed by atoms with Crippen LogP contribution in [0.5, 0.6) is 6.01 Å². The molecule has 3 heterocycles. The molecule has 0 radical (unpaired) electrons. The number of nitrogens with zero attached hydrogens (tertiary/aromatic N) is 4. The second-order valence-electron chi connectivity index (χ2n) is 8.32. The molecular weight excluding hydrogens is 458 g/mol. The van der Waals surface area contributed by atoms with Crippen molar-refractivity contribution in [1.29, 1.82) is 5.26 Å². The van der Waals surface area contributed by atoms with Crippen LogP contribution in [0.2, 0.25) is 0 Å². The lowest BCUT2D eigenvalue weighted by molar-refractivity contribution is 0.381. The second kappa shape index (κ2) is 8.34. The molecule has 1 fully saturated rings. The number of nitrogen functional groups attached to an aromatic ring is 1. The molecule has 2 atom stereocenters. The van der Waals surface area contributed by atoms with E-state index >= 15 is 4.39 Å². The summed E-state index contributed by atoms with van der Waals surface area (Å²) in [6.45, 7) is 2.99. The number of fused-ring (bicyclic) bond motifs is 2. The molecule has 1 saturated heterocycles. The maximum absolute atomic E-state index is 16.1. The lowest BCUT2D eigenvalue weighted by Gasteiger charge is -2.29. The average Bonchev–Trinajstić information content (AvgIpc) is 3.42. The lowest BCUT2D eigenvalue weighted by atomic mass is 9.97. The number of thiophene rings is 1. The minimum absolute atomic E-state index is 0.0470. The van der Waals surface area contributed by atoms with Crippen LogP contribution in [0.3, 0.4) is 0 Å². The van der Waals surface area contributed by atoms with E-state index in [1.807, 2.05) is 18.0 Å². The van der Waals surface area contributed by atoms with E-state index in [2.05, 4.69) is 22.2 Å². The van der Waals surface area contributed by atoms with E-state index in [4.69, 9.17) is 10.5 Å². The monoisotopic (exact) mass is 480 g/mol. The number of nitrogens with one attached hydrogen (secondary N) is 1. The standard InChI is InChI=1S/C24H22F2N6OS/c1-11-17(8-9-29-11)32(2)23-14-5-4-13(19(26)20(14)30-24(31-23)33-3)12-6-7-16(25)21-18(12)15(10-27)22(28)34-21/h4-7,11,17,29H,8-9,28H2,1-3H3. The number of hydrogen-bond acceptors (Lipinski definition) is 8. The molecule has 10 heteroatoms. The fraction of sp³-hybridized carbons (Fsp3) is 0.292. The fourth-order valence-electron chi connectivity index (χ4n) is 4.75. The first-order valence-corrected chi connectivity index (χ1v) is 11.6. The highest BCUT2D eigenvalue weighted by Gasteiger charge is 2.30. The van der Waals surface area contributed by atoms with Crippen molar-refractivity contribution < 1.29 is 13.5 Å². The van der Waals surface area contributed by atoms with Gasteiger partial charge >= 0.3 is 6.01 Å². The average molecular weight is 481 g/mol. The normalized spacial score (nSPS) is 17.9. The fourth-order valence-corrected chi connectivity index (χ4v) is 5.70. The van der Waals surface area contributed by atoms with Crippen molar-refractivity contribution in [2.75, 3.05) is 31.3 Å². The van der Waals surface area contributed by atoms with Gasteiger partial charge in [-0.15, -0.1) is 11.3 Å². The van der Waals surface area contributed by atoms with Gasteiger partial charge in [-0.25, -0.2) is 8.78 Å². The van der Waals surface area contributed by atoms with Crippen molar-refractivity contribution in [2.24, 2.45) is 0 Å². The number of anilines is 2. The molecule has 2 aromatic carbocycles. The molecule has 0 bridgehead atoms. The third-order valence-electron chi connectivity index (χ3n) is 6.48. The number of benzene rings is 2. The highest BCUT2D eigenvalue weighted by atomic mass is 32.1. The van der Waals surface area contributed by atoms with Crippen LogP contribution in [-0.2, 0) is 0 Å². The third-order valence-corrected chi connectivity index (χ3v) is 7.51. The molecule has 1 aliphatic rings. The third kappa shape index (κ3) is 3.31. The molecule has 3 N–H and O–H groups in total. The van der Waals surface area contributed by atoms with Crippen LogP contribution < -0.4 is 20.7 Å². The first kappa shape index (κ1) is 22.3. The van der Waals surface area contributed by atoms with Crippen LogP contribution >= 0.6 is 11.3 Å². The van der Waals surface area contributed by atoms with E-state index in [1.165, 1.54) is 19.2 Å². The zero-order valence-corrected chi connectivity index (χ0v) is 19.6. The van der Waals surface area contributed by atoms with Crippen LogP contribution in [0.4, 0.5) is 19.6 Å². The van der Waals surface area contributed by atoms with Gasteiger partial charge in [-0.1, -0.05) is 12.1 Å². The van der Waals surface area contributed by atoms with Gasteiger partial charge in [0, 0.05) is 35.5 Å². The van der Waals surface area contributed by atoms with E-state index < -0.39 is 11.6 Å². The summed E-state index contributed by atoms with van der Waals surface area (Å²) >= 11 is 0.975. The molecule has 0 spiro atoms. The number of hydrogen-bond donors (Lipinski definition) is 2. The first-order valence-electron chi connectivity index (χ1n) is 10.8. The molecule has 7 nitrogen and oxygen atoms in total. The van der Waals surface area contributed by atoms with Crippen molar-refractivity contribution in [3.63, 3.8) is 0 Å². The summed E-state index contributed by atoms with van der Waals surface area (Å²) in [6, 6.07) is 8.58. The number of rotatable bonds is 4. The Morgan fingerprint density at radius 2 is 2.00 bits per heavy atom. The van der Waals surface area contributed by atoms with Gasteiger partial charge < -0.3 is 20.7 Å². The molecule has 2 aromatic heterocycles. The van der Waals surface area contributed by atoms with E-state index in [0.29, 0.717) is 22.2 Å². The lowest BCUT2D eigenvalue weighted by Crippen LogP contribution is -2.40. The summed E-state index contributed by atoms with van der Waals surface area (Å²) in [5.41, 5.74) is 6.75. The Hall–Kier alpha value is -3.55. The van der Waals surface area contributed by atoms with Crippen LogP contribution in [0.25, 0.3) is 32.1 Å². The minimum Gasteiger partial charge on any atom is -0.467 e. The summed E-state index contributed by atoms with van der Waals surface area (Å²) in [4.78, 5) is 10.9. The Balaban J connectivity index is 1.76. The van der Waals surface area contributed by atoms with E-state index in [1.54, 1.807) is 12.1 Å². The Morgan fingerprint density at radius 3 is 2.68 bits per heavy atom. The zero-order valence-electron chi connectivity index (χ0n) is 18.8. The first-order chi connectivity index (χ1) is 16.3. The maximum atomic E-state index is 16.1. The Kier molecular flexibility index (Phi) is 5.46. The van der Waals surface area contributed by atoms with Crippen molar-refractivity contribution in [1.82, 2.24) is 15.3 Å². The predicted molar refractivity (Wildman–Crippen MR) is 130 cm³/mol. The molecule has 0 aliphatic carbocycles. The van der Waals surface area contributed by atoms with Gasteiger partial charge in [0.05, 0.1) is 17.4 Å². The molecule has 174 valence electrons. The number of aromatic nitrogens is 2. The van der Waals surface area contributed by atoms with Gasteiger partial charge in [-0.3, -0.25) is 0 Å². The number of ether oxygens (including phenoxy) is 1. The zero-order chi connectivity index (χ0) is 24.1. The van der Waals surface area contributed by atoms with Crippen molar-refractivity contribution in [2.45, 2.75) is 25.4 Å². The smallest absolute Gasteiger partial charge is 0.318 e. The molecule has 0 saturated carbocycles. The van der Waals surface area contributed by atoms with Crippen LogP contribution in [0.15, 0.2) is 24.3 Å². The number of nitrogens with two attached hydrogens (primary N) is 1. The van der Waals surface area contributed by atoms with Crippen molar-refractivity contribution in [3.05, 3.63) is 41.5 Å². The predicted octanol–water partition coefficient (Wildman–Crippen LogP) is 4.44. The van der Waals surface area contributed by atoms with Crippen LogP contribution in [0, 0.1) is 23.0 Å². The SMILES string of the molecule is COc1nc(N(C)C2CCNC2C)c2ccc(-c3ccc(F)c4sc(N)c(C#N)c34)c(F)c2n1. The highest BCUT2D eigenvalue weighted by molar-refractivity contribution is 7.23. The Bertz CT molecular complexity index is 1480. The van der Waals surface area contributed by atoms with Gasteiger partial charge in [0.1, 0.15) is 28.2 Å². The Morgan fingerprint density at radius 1 is 1.24 bits per heavy atom. The highest BCUT2D eigenvalue weighted by Crippen LogP contribution is 2.43. The molecule has 5 rings (SSSR count). The van der Waals surface area contributed by atoms with E-state index in [0.717, 1.165) is 24.3 Å². The van der Waals surface area contributed by atoms with Gasteiger partial charge in [0.2, 0.25) is 0 Å². The summed E-state index contributed by atoms with van der Waals surface area (Å²) in [6.07, 6.45) is 0.927. The van der Waals surface area contributed by atoms with Gasteiger partial charge in [-0.05, 0) is 37.6 Å². The second-order valence-corrected chi connectivity index (χ2v) is 9.37. The molecule has 4 aromatic rings. The minimum atomic E-state index is -0.605. The quantitative estimate of drug-likeness (QED) is 0.445. The number of nitriles is 1. The number of likely N-dealkylation sites (N-methyl/N-ethyl adjacent to an activating group) is 1.